The van der Waals surface area contributed by atoms with E-state index in [2.05, 4.69) is 15.5 Å². The highest BCUT2D eigenvalue weighted by atomic mass is 16.2. The molecule has 1 aromatic carbocycles. The average molecular weight is 453 g/mol. The Kier molecular flexibility index (Phi) is 5.61. The summed E-state index contributed by atoms with van der Waals surface area (Å²) in [5, 5.41) is 5.49. The van der Waals surface area contributed by atoms with Crippen LogP contribution in [0.25, 0.3) is 0 Å². The lowest BCUT2D eigenvalue weighted by atomic mass is 9.96. The molecule has 5 amide bonds. The second kappa shape index (κ2) is 8.58. The number of imide groups is 2. The summed E-state index contributed by atoms with van der Waals surface area (Å²) in [4.78, 5) is 67.4. The van der Waals surface area contributed by atoms with E-state index in [9.17, 15) is 24.0 Å². The fraction of sp³-hybridized carbons (Fsp3) is 0.522. The van der Waals surface area contributed by atoms with E-state index in [0.717, 1.165) is 36.5 Å². The largest absolute Gasteiger partial charge is 0.368 e. The highest BCUT2D eigenvalue weighted by molar-refractivity contribution is 6.23. The van der Waals surface area contributed by atoms with Crippen molar-refractivity contribution in [3.05, 3.63) is 29.3 Å². The van der Waals surface area contributed by atoms with Crippen molar-refractivity contribution in [1.29, 1.82) is 0 Å². The van der Waals surface area contributed by atoms with Gasteiger partial charge in [-0.15, -0.1) is 0 Å². The van der Waals surface area contributed by atoms with Crippen LogP contribution in [0.2, 0.25) is 0 Å². The molecule has 5 rings (SSSR count). The number of piperidine rings is 2. The van der Waals surface area contributed by atoms with Gasteiger partial charge in [-0.1, -0.05) is 0 Å². The van der Waals surface area contributed by atoms with Crippen molar-refractivity contribution in [2.45, 2.75) is 31.7 Å². The van der Waals surface area contributed by atoms with Crippen LogP contribution < -0.4 is 15.5 Å². The van der Waals surface area contributed by atoms with Gasteiger partial charge in [0.2, 0.25) is 17.7 Å². The van der Waals surface area contributed by atoms with E-state index in [1.807, 2.05) is 11.0 Å². The van der Waals surface area contributed by atoms with Crippen LogP contribution in [0.15, 0.2) is 18.2 Å². The van der Waals surface area contributed by atoms with Crippen LogP contribution in [-0.2, 0) is 14.4 Å². The molecule has 0 radical (unpaired) electrons. The van der Waals surface area contributed by atoms with Crippen molar-refractivity contribution in [1.82, 2.24) is 20.4 Å². The van der Waals surface area contributed by atoms with E-state index in [0.29, 0.717) is 26.2 Å². The predicted octanol–water partition coefficient (Wildman–Crippen LogP) is -0.264. The second-order valence-electron chi connectivity index (χ2n) is 9.01. The number of hydrogen-bond donors (Lipinski definition) is 2. The van der Waals surface area contributed by atoms with Gasteiger partial charge in [0, 0.05) is 44.2 Å². The van der Waals surface area contributed by atoms with Crippen LogP contribution in [0.5, 0.6) is 0 Å². The van der Waals surface area contributed by atoms with Crippen LogP contribution in [0.1, 0.15) is 46.4 Å². The summed E-state index contributed by atoms with van der Waals surface area (Å²) in [5.41, 5.74) is 1.36. The SMILES string of the molecule is O=C1CCC(N2C(=O)c3ccc(N4CCN(C(=O)C5CCNCC5)CC4)cc3C2=O)C(=O)N1. The molecule has 1 aromatic rings. The number of benzene rings is 1. The Balaban J connectivity index is 1.27. The van der Waals surface area contributed by atoms with E-state index >= 15 is 0 Å². The number of amides is 5. The van der Waals surface area contributed by atoms with Crippen LogP contribution in [-0.4, -0.2) is 84.6 Å². The molecule has 4 heterocycles. The number of rotatable bonds is 3. The lowest BCUT2D eigenvalue weighted by Crippen LogP contribution is -2.54. The molecule has 10 nitrogen and oxygen atoms in total. The molecule has 3 fully saturated rings. The minimum atomic E-state index is -0.969. The Labute approximate surface area is 191 Å². The van der Waals surface area contributed by atoms with Gasteiger partial charge < -0.3 is 15.1 Å². The molecule has 0 spiro atoms. The standard InChI is InChI=1S/C23H27N5O5/c29-19-4-3-18(20(30)25-19)28-22(32)16-2-1-15(13-17(16)23(28)33)26-9-11-27(12-10-26)21(31)14-5-7-24-8-6-14/h1-2,13-14,18,24H,3-12H2,(H,25,29,30). The normalized spacial score (nSPS) is 24.2. The van der Waals surface area contributed by atoms with E-state index in [1.54, 1.807) is 12.1 Å². The van der Waals surface area contributed by atoms with Gasteiger partial charge >= 0.3 is 0 Å². The molecule has 174 valence electrons. The van der Waals surface area contributed by atoms with Crippen molar-refractivity contribution in [3.8, 4) is 0 Å². The first-order chi connectivity index (χ1) is 15.9. The van der Waals surface area contributed by atoms with E-state index in [4.69, 9.17) is 0 Å². The maximum atomic E-state index is 13.0. The fourth-order valence-electron chi connectivity index (χ4n) is 5.17. The van der Waals surface area contributed by atoms with Crippen molar-refractivity contribution in [2.75, 3.05) is 44.2 Å². The zero-order valence-electron chi connectivity index (χ0n) is 18.3. The lowest BCUT2D eigenvalue weighted by molar-refractivity contribution is -0.137. The van der Waals surface area contributed by atoms with Gasteiger partial charge in [-0.3, -0.25) is 34.2 Å². The number of nitrogens with zero attached hydrogens (tertiary/aromatic N) is 3. The van der Waals surface area contributed by atoms with Crippen molar-refractivity contribution >= 4 is 35.2 Å². The molecule has 0 saturated carbocycles. The zero-order valence-corrected chi connectivity index (χ0v) is 18.3. The molecule has 4 aliphatic heterocycles. The maximum Gasteiger partial charge on any atom is 0.262 e. The van der Waals surface area contributed by atoms with Gasteiger partial charge in [-0.2, -0.15) is 0 Å². The van der Waals surface area contributed by atoms with Gasteiger partial charge in [0.1, 0.15) is 6.04 Å². The van der Waals surface area contributed by atoms with Gasteiger partial charge in [0.05, 0.1) is 11.1 Å². The molecule has 10 heteroatoms. The van der Waals surface area contributed by atoms with Crippen LogP contribution >= 0.6 is 0 Å². The highest BCUT2D eigenvalue weighted by Crippen LogP contribution is 2.31. The molecule has 2 N–H and O–H groups in total. The van der Waals surface area contributed by atoms with Gasteiger partial charge in [0.15, 0.2) is 0 Å². The summed E-state index contributed by atoms with van der Waals surface area (Å²) in [5.74, 6) is -1.70. The summed E-state index contributed by atoms with van der Waals surface area (Å²) in [6.45, 7) is 4.30. The van der Waals surface area contributed by atoms with Gasteiger partial charge in [-0.05, 0) is 50.6 Å². The Morgan fingerprint density at radius 3 is 2.27 bits per heavy atom. The van der Waals surface area contributed by atoms with Crippen molar-refractivity contribution in [3.63, 3.8) is 0 Å². The number of carbonyl (C=O) groups excluding carboxylic acids is 5. The Bertz CT molecular complexity index is 1030. The van der Waals surface area contributed by atoms with Gasteiger partial charge in [-0.25, -0.2) is 0 Å². The minimum Gasteiger partial charge on any atom is -0.368 e. The Morgan fingerprint density at radius 1 is 0.879 bits per heavy atom. The minimum absolute atomic E-state index is 0.0927. The molecule has 0 aromatic heterocycles. The average Bonchev–Trinajstić information content (AvgIpc) is 3.09. The molecule has 3 saturated heterocycles. The summed E-state index contributed by atoms with van der Waals surface area (Å²) < 4.78 is 0. The number of carbonyl (C=O) groups is 5. The third-order valence-corrected chi connectivity index (χ3v) is 7.07. The molecule has 1 unspecified atom stereocenters. The number of hydrogen-bond acceptors (Lipinski definition) is 7. The van der Waals surface area contributed by atoms with Gasteiger partial charge in [0.25, 0.3) is 11.8 Å². The monoisotopic (exact) mass is 453 g/mol. The highest BCUT2D eigenvalue weighted by Gasteiger charge is 2.44. The predicted molar refractivity (Wildman–Crippen MR) is 118 cm³/mol. The van der Waals surface area contributed by atoms with Crippen LogP contribution in [0.4, 0.5) is 5.69 Å². The summed E-state index contributed by atoms with van der Waals surface area (Å²) in [7, 11) is 0. The first kappa shape index (κ1) is 21.6. The second-order valence-corrected chi connectivity index (χ2v) is 9.01. The topological polar surface area (TPSA) is 119 Å². The molecule has 4 aliphatic rings. The smallest absolute Gasteiger partial charge is 0.262 e. The zero-order chi connectivity index (χ0) is 23.1. The molecule has 1 atom stereocenters. The molecule has 0 aliphatic carbocycles. The van der Waals surface area contributed by atoms with Crippen LogP contribution in [0, 0.1) is 5.92 Å². The first-order valence-corrected chi connectivity index (χ1v) is 11.5. The van der Waals surface area contributed by atoms with E-state index in [1.165, 1.54) is 0 Å². The molecular weight excluding hydrogens is 426 g/mol. The third-order valence-electron chi connectivity index (χ3n) is 7.07. The number of anilines is 1. The third kappa shape index (κ3) is 3.88. The first-order valence-electron chi connectivity index (χ1n) is 11.5. The van der Waals surface area contributed by atoms with E-state index in [-0.39, 0.29) is 35.8 Å². The fourth-order valence-corrected chi connectivity index (χ4v) is 5.17. The molecule has 33 heavy (non-hydrogen) atoms. The summed E-state index contributed by atoms with van der Waals surface area (Å²) in [6.07, 6.45) is 1.98. The van der Waals surface area contributed by atoms with E-state index < -0.39 is 29.7 Å². The number of fused-ring (bicyclic) bond motifs is 1. The summed E-state index contributed by atoms with van der Waals surface area (Å²) in [6, 6.07) is 4.17. The quantitative estimate of drug-likeness (QED) is 0.605. The molecular formula is C23H27N5O5. The molecule has 0 bridgehead atoms. The number of piperazine rings is 1. The lowest BCUT2D eigenvalue weighted by Gasteiger charge is -2.38. The van der Waals surface area contributed by atoms with Crippen LogP contribution in [0.3, 0.4) is 0 Å². The maximum absolute atomic E-state index is 13.0. The number of nitrogens with one attached hydrogen (secondary N) is 2. The van der Waals surface area contributed by atoms with Crippen molar-refractivity contribution in [2.24, 2.45) is 5.92 Å². The Hall–Kier alpha value is -3.27. The Morgan fingerprint density at radius 2 is 1.58 bits per heavy atom. The van der Waals surface area contributed by atoms with Crippen molar-refractivity contribution < 1.29 is 24.0 Å². The summed E-state index contributed by atoms with van der Waals surface area (Å²) >= 11 is 0.